The lowest BCUT2D eigenvalue weighted by Gasteiger charge is -2.13. The number of para-hydroxylation sites is 1. The molecule has 0 atom stereocenters. The number of hydrogen-bond donors (Lipinski definition) is 3. The van der Waals surface area contributed by atoms with E-state index in [1.54, 1.807) is 0 Å². The summed E-state index contributed by atoms with van der Waals surface area (Å²) >= 11 is 0. The molecular weight excluding hydrogens is 260 g/mol. The first-order valence-electron chi connectivity index (χ1n) is 7.96. The maximum absolute atomic E-state index is 4.23. The van der Waals surface area contributed by atoms with Gasteiger partial charge in [0, 0.05) is 32.4 Å². The standard InChI is InChI=1S/C17H30N4/c1-15(2)9-7-12-20-17(18-3)21-14-8-13-19-16-10-5-4-6-11-16/h4-6,10-11,15,19H,7-9,12-14H2,1-3H3,(H2,18,20,21). The molecule has 1 rings (SSSR count). The summed E-state index contributed by atoms with van der Waals surface area (Å²) in [5.74, 6) is 1.67. The van der Waals surface area contributed by atoms with Gasteiger partial charge in [0.2, 0.25) is 0 Å². The van der Waals surface area contributed by atoms with Crippen molar-refractivity contribution in [2.24, 2.45) is 10.9 Å². The average Bonchev–Trinajstić information content (AvgIpc) is 2.50. The third kappa shape index (κ3) is 8.95. The van der Waals surface area contributed by atoms with Crippen molar-refractivity contribution in [2.45, 2.75) is 33.1 Å². The molecule has 0 aliphatic heterocycles. The van der Waals surface area contributed by atoms with Gasteiger partial charge < -0.3 is 16.0 Å². The van der Waals surface area contributed by atoms with Gasteiger partial charge in [-0.3, -0.25) is 4.99 Å². The van der Waals surface area contributed by atoms with Gasteiger partial charge in [-0.25, -0.2) is 0 Å². The Morgan fingerprint density at radius 3 is 2.29 bits per heavy atom. The minimum absolute atomic E-state index is 0.769. The summed E-state index contributed by atoms with van der Waals surface area (Å²) in [6, 6.07) is 10.3. The number of aliphatic imine (C=N–C) groups is 1. The van der Waals surface area contributed by atoms with Crippen molar-refractivity contribution in [3.63, 3.8) is 0 Å². The monoisotopic (exact) mass is 290 g/mol. The third-order valence-corrected chi connectivity index (χ3v) is 3.22. The largest absolute Gasteiger partial charge is 0.385 e. The molecule has 0 spiro atoms. The Morgan fingerprint density at radius 2 is 1.67 bits per heavy atom. The predicted molar refractivity (Wildman–Crippen MR) is 93.0 cm³/mol. The van der Waals surface area contributed by atoms with Gasteiger partial charge in [-0.05, 0) is 37.3 Å². The fraction of sp³-hybridized carbons (Fsp3) is 0.588. The van der Waals surface area contributed by atoms with Gasteiger partial charge in [0.25, 0.3) is 0 Å². The minimum Gasteiger partial charge on any atom is -0.385 e. The summed E-state index contributed by atoms with van der Waals surface area (Å²) in [5, 5.41) is 10.1. The van der Waals surface area contributed by atoms with Gasteiger partial charge >= 0.3 is 0 Å². The van der Waals surface area contributed by atoms with Crippen molar-refractivity contribution < 1.29 is 0 Å². The molecule has 0 unspecified atom stereocenters. The first kappa shape index (κ1) is 17.3. The lowest BCUT2D eigenvalue weighted by atomic mass is 10.1. The second kappa shape index (κ2) is 11.0. The number of nitrogens with one attached hydrogen (secondary N) is 3. The van der Waals surface area contributed by atoms with Crippen LogP contribution < -0.4 is 16.0 Å². The van der Waals surface area contributed by atoms with Crippen LogP contribution in [0.15, 0.2) is 35.3 Å². The number of nitrogens with zero attached hydrogens (tertiary/aromatic N) is 1. The highest BCUT2D eigenvalue weighted by Crippen LogP contribution is 2.04. The zero-order chi connectivity index (χ0) is 15.3. The van der Waals surface area contributed by atoms with Gasteiger partial charge in [-0.15, -0.1) is 0 Å². The fourth-order valence-electron chi connectivity index (χ4n) is 2.02. The molecule has 0 bridgehead atoms. The maximum Gasteiger partial charge on any atom is 0.190 e. The highest BCUT2D eigenvalue weighted by atomic mass is 15.2. The van der Waals surface area contributed by atoms with Gasteiger partial charge in [-0.2, -0.15) is 0 Å². The summed E-state index contributed by atoms with van der Waals surface area (Å²) in [6.45, 7) is 7.38. The summed E-state index contributed by atoms with van der Waals surface area (Å²) in [5.41, 5.74) is 1.17. The number of benzene rings is 1. The quantitative estimate of drug-likeness (QED) is 0.372. The second-order valence-electron chi connectivity index (χ2n) is 5.61. The Hall–Kier alpha value is -1.71. The highest BCUT2D eigenvalue weighted by Gasteiger charge is 1.98. The van der Waals surface area contributed by atoms with Crippen molar-refractivity contribution >= 4 is 11.6 Å². The first-order valence-corrected chi connectivity index (χ1v) is 7.96. The van der Waals surface area contributed by atoms with E-state index < -0.39 is 0 Å². The van der Waals surface area contributed by atoms with Crippen molar-refractivity contribution in [1.29, 1.82) is 0 Å². The molecule has 0 fully saturated rings. The summed E-state index contributed by atoms with van der Waals surface area (Å²) < 4.78 is 0. The van der Waals surface area contributed by atoms with Crippen molar-refractivity contribution in [1.82, 2.24) is 10.6 Å². The van der Waals surface area contributed by atoms with Crippen molar-refractivity contribution in [3.05, 3.63) is 30.3 Å². The molecule has 3 N–H and O–H groups in total. The summed E-state index contributed by atoms with van der Waals surface area (Å²) in [4.78, 5) is 4.23. The van der Waals surface area contributed by atoms with Crippen LogP contribution >= 0.6 is 0 Å². The molecule has 4 heteroatoms. The van der Waals surface area contributed by atoms with Crippen LogP contribution in [-0.4, -0.2) is 32.6 Å². The maximum atomic E-state index is 4.23. The van der Waals surface area contributed by atoms with Crippen LogP contribution in [0.1, 0.15) is 33.1 Å². The lowest BCUT2D eigenvalue weighted by molar-refractivity contribution is 0.549. The lowest BCUT2D eigenvalue weighted by Crippen LogP contribution is -2.38. The molecule has 0 aliphatic carbocycles. The predicted octanol–water partition coefficient (Wildman–Crippen LogP) is 3.09. The summed E-state index contributed by atoms with van der Waals surface area (Å²) in [6.07, 6.45) is 3.50. The average molecular weight is 290 g/mol. The summed E-state index contributed by atoms with van der Waals surface area (Å²) in [7, 11) is 1.82. The van der Waals surface area contributed by atoms with E-state index >= 15 is 0 Å². The topological polar surface area (TPSA) is 48.5 Å². The van der Waals surface area contributed by atoms with Gasteiger partial charge in [-0.1, -0.05) is 32.0 Å². The first-order chi connectivity index (χ1) is 10.2. The molecule has 0 saturated heterocycles. The van der Waals surface area contributed by atoms with E-state index in [2.05, 4.69) is 46.9 Å². The van der Waals surface area contributed by atoms with E-state index in [0.29, 0.717) is 0 Å². The number of anilines is 1. The SMILES string of the molecule is CN=C(NCCCNc1ccccc1)NCCCC(C)C. The number of hydrogen-bond acceptors (Lipinski definition) is 2. The van der Waals surface area contributed by atoms with Crippen molar-refractivity contribution in [2.75, 3.05) is 32.0 Å². The zero-order valence-electron chi connectivity index (χ0n) is 13.7. The van der Waals surface area contributed by atoms with Crippen LogP contribution in [0.25, 0.3) is 0 Å². The minimum atomic E-state index is 0.769. The van der Waals surface area contributed by atoms with E-state index in [9.17, 15) is 0 Å². The van der Waals surface area contributed by atoms with E-state index in [4.69, 9.17) is 0 Å². The third-order valence-electron chi connectivity index (χ3n) is 3.22. The van der Waals surface area contributed by atoms with Crippen LogP contribution in [0.5, 0.6) is 0 Å². The molecule has 0 radical (unpaired) electrons. The smallest absolute Gasteiger partial charge is 0.190 e. The Labute approximate surface area is 129 Å². The van der Waals surface area contributed by atoms with Gasteiger partial charge in [0.05, 0.1) is 0 Å². The normalized spacial score (nSPS) is 11.5. The molecule has 0 aliphatic rings. The molecule has 0 amide bonds. The number of guanidine groups is 1. The Bertz CT molecular complexity index is 387. The van der Waals surface area contributed by atoms with Crippen molar-refractivity contribution in [3.8, 4) is 0 Å². The van der Waals surface area contributed by atoms with Crippen LogP contribution in [-0.2, 0) is 0 Å². The molecule has 1 aromatic carbocycles. The number of rotatable bonds is 9. The van der Waals surface area contributed by atoms with Gasteiger partial charge in [0.15, 0.2) is 5.96 Å². The van der Waals surface area contributed by atoms with E-state index in [0.717, 1.165) is 37.9 Å². The van der Waals surface area contributed by atoms with Crippen LogP contribution in [0.2, 0.25) is 0 Å². The Morgan fingerprint density at radius 1 is 1.00 bits per heavy atom. The Kier molecular flexibility index (Phi) is 9.09. The molecule has 0 heterocycles. The highest BCUT2D eigenvalue weighted by molar-refractivity contribution is 5.79. The zero-order valence-corrected chi connectivity index (χ0v) is 13.7. The molecule has 1 aromatic rings. The molecule has 118 valence electrons. The molecule has 0 aromatic heterocycles. The van der Waals surface area contributed by atoms with Crippen LogP contribution in [0.3, 0.4) is 0 Å². The Balaban J connectivity index is 2.04. The molecular formula is C17H30N4. The van der Waals surface area contributed by atoms with E-state index in [1.807, 2.05) is 25.2 Å². The van der Waals surface area contributed by atoms with Crippen LogP contribution in [0, 0.1) is 5.92 Å². The molecule has 21 heavy (non-hydrogen) atoms. The van der Waals surface area contributed by atoms with E-state index in [1.165, 1.54) is 18.5 Å². The fourth-order valence-corrected chi connectivity index (χ4v) is 2.02. The van der Waals surface area contributed by atoms with E-state index in [-0.39, 0.29) is 0 Å². The second-order valence-corrected chi connectivity index (χ2v) is 5.61. The van der Waals surface area contributed by atoms with Gasteiger partial charge in [0.1, 0.15) is 0 Å². The molecule has 4 nitrogen and oxygen atoms in total. The molecule has 0 saturated carbocycles. The van der Waals surface area contributed by atoms with Crippen LogP contribution in [0.4, 0.5) is 5.69 Å².